The van der Waals surface area contributed by atoms with Crippen molar-refractivity contribution in [3.63, 3.8) is 0 Å². The summed E-state index contributed by atoms with van der Waals surface area (Å²) < 4.78 is 0. The fourth-order valence-electron chi connectivity index (χ4n) is 2.73. The smallest absolute Gasteiger partial charge is 0.272 e. The number of carbonyl (C=O) groups excluding carboxylic acids is 1. The second-order valence-corrected chi connectivity index (χ2v) is 5.50. The Labute approximate surface area is 121 Å². The second-order valence-electron chi connectivity index (χ2n) is 5.50. The number of aromatic nitrogens is 1. The van der Waals surface area contributed by atoms with E-state index in [-0.39, 0.29) is 5.91 Å². The molecule has 20 heavy (non-hydrogen) atoms. The van der Waals surface area contributed by atoms with Crippen molar-refractivity contribution >= 4 is 11.6 Å². The quantitative estimate of drug-likeness (QED) is 0.902. The molecule has 2 rings (SSSR count). The van der Waals surface area contributed by atoms with Crippen LogP contribution in [0.25, 0.3) is 0 Å². The summed E-state index contributed by atoms with van der Waals surface area (Å²) in [6.45, 7) is 2.02. The lowest BCUT2D eigenvalue weighted by molar-refractivity contribution is 0.0822. The van der Waals surface area contributed by atoms with Crippen LogP contribution in [0.15, 0.2) is 18.3 Å². The first-order chi connectivity index (χ1) is 9.63. The standard InChI is InChI=1S/C15H24N4O/c1-16-11-13-6-4-5-9-19(13)12-7-8-17-14(10-12)15(20)18(2)3/h7-8,10,13,16H,4-6,9,11H2,1-3H3. The van der Waals surface area contributed by atoms with E-state index >= 15 is 0 Å². The summed E-state index contributed by atoms with van der Waals surface area (Å²) in [6, 6.07) is 4.41. The lowest BCUT2D eigenvalue weighted by Crippen LogP contribution is -2.45. The third-order valence-corrected chi connectivity index (χ3v) is 3.77. The van der Waals surface area contributed by atoms with E-state index in [1.165, 1.54) is 19.3 Å². The number of nitrogens with zero attached hydrogens (tertiary/aromatic N) is 3. The van der Waals surface area contributed by atoms with Crippen LogP contribution in [-0.2, 0) is 0 Å². The molecule has 0 saturated carbocycles. The third kappa shape index (κ3) is 3.28. The number of nitrogens with one attached hydrogen (secondary N) is 1. The molecule has 0 radical (unpaired) electrons. The van der Waals surface area contributed by atoms with E-state index in [0.717, 1.165) is 18.8 Å². The summed E-state index contributed by atoms with van der Waals surface area (Å²) in [6.07, 6.45) is 5.41. The summed E-state index contributed by atoms with van der Waals surface area (Å²) >= 11 is 0. The monoisotopic (exact) mass is 276 g/mol. The summed E-state index contributed by atoms with van der Waals surface area (Å²) in [5.41, 5.74) is 1.62. The highest BCUT2D eigenvalue weighted by Crippen LogP contribution is 2.24. The molecule has 1 aromatic rings. The van der Waals surface area contributed by atoms with Gasteiger partial charge in [-0.3, -0.25) is 9.78 Å². The number of carbonyl (C=O) groups is 1. The summed E-state index contributed by atoms with van der Waals surface area (Å²) in [5.74, 6) is -0.0472. The number of anilines is 1. The largest absolute Gasteiger partial charge is 0.367 e. The number of likely N-dealkylation sites (N-methyl/N-ethyl adjacent to an activating group) is 1. The minimum atomic E-state index is -0.0472. The number of piperidine rings is 1. The zero-order valence-corrected chi connectivity index (χ0v) is 12.6. The molecule has 110 valence electrons. The molecule has 1 atom stereocenters. The molecular weight excluding hydrogens is 252 g/mol. The van der Waals surface area contributed by atoms with Crippen LogP contribution >= 0.6 is 0 Å². The van der Waals surface area contributed by atoms with Crippen LogP contribution in [0.4, 0.5) is 5.69 Å². The van der Waals surface area contributed by atoms with E-state index in [2.05, 4.69) is 15.2 Å². The molecule has 1 aromatic heterocycles. The number of rotatable bonds is 4. The topological polar surface area (TPSA) is 48.5 Å². The highest BCUT2D eigenvalue weighted by Gasteiger charge is 2.23. The first-order valence-electron chi connectivity index (χ1n) is 7.22. The maximum Gasteiger partial charge on any atom is 0.272 e. The number of amides is 1. The SMILES string of the molecule is CNCC1CCCCN1c1ccnc(C(=O)N(C)C)c1. The molecule has 1 fully saturated rings. The second kappa shape index (κ2) is 6.70. The molecule has 1 saturated heterocycles. The van der Waals surface area contributed by atoms with Gasteiger partial charge in [0.25, 0.3) is 5.91 Å². The minimum absolute atomic E-state index is 0.0472. The highest BCUT2D eigenvalue weighted by atomic mass is 16.2. The van der Waals surface area contributed by atoms with Gasteiger partial charge in [-0.05, 0) is 38.4 Å². The Balaban J connectivity index is 2.22. The van der Waals surface area contributed by atoms with Crippen molar-refractivity contribution in [1.82, 2.24) is 15.2 Å². The lowest BCUT2D eigenvalue weighted by atomic mass is 10.0. The Morgan fingerprint density at radius 3 is 3.00 bits per heavy atom. The average molecular weight is 276 g/mol. The first-order valence-corrected chi connectivity index (χ1v) is 7.22. The van der Waals surface area contributed by atoms with Gasteiger partial charge >= 0.3 is 0 Å². The van der Waals surface area contributed by atoms with Crippen LogP contribution in [0.2, 0.25) is 0 Å². The van der Waals surface area contributed by atoms with Crippen molar-refractivity contribution in [2.45, 2.75) is 25.3 Å². The van der Waals surface area contributed by atoms with E-state index < -0.39 is 0 Å². The van der Waals surface area contributed by atoms with Crippen LogP contribution in [0, 0.1) is 0 Å². The van der Waals surface area contributed by atoms with E-state index in [9.17, 15) is 4.79 Å². The summed E-state index contributed by atoms with van der Waals surface area (Å²) in [5, 5.41) is 3.26. The molecule has 0 aliphatic carbocycles. The van der Waals surface area contributed by atoms with Gasteiger partial charge in [0.2, 0.25) is 0 Å². The van der Waals surface area contributed by atoms with Gasteiger partial charge in [0.05, 0.1) is 0 Å². The normalized spacial score (nSPS) is 18.9. The molecule has 1 aliphatic heterocycles. The van der Waals surface area contributed by atoms with Crippen molar-refractivity contribution in [3.05, 3.63) is 24.0 Å². The Kier molecular flexibility index (Phi) is 4.95. The lowest BCUT2D eigenvalue weighted by Gasteiger charge is -2.37. The maximum atomic E-state index is 12.0. The molecule has 1 N–H and O–H groups in total. The first kappa shape index (κ1) is 14.8. The van der Waals surface area contributed by atoms with Gasteiger partial charge in [0.15, 0.2) is 0 Å². The molecule has 0 spiro atoms. The van der Waals surface area contributed by atoms with Crippen molar-refractivity contribution < 1.29 is 4.79 Å². The van der Waals surface area contributed by atoms with Gasteiger partial charge in [0, 0.05) is 45.1 Å². The molecule has 1 amide bonds. The van der Waals surface area contributed by atoms with E-state index in [1.54, 1.807) is 25.2 Å². The van der Waals surface area contributed by atoms with Gasteiger partial charge in [0.1, 0.15) is 5.69 Å². The van der Waals surface area contributed by atoms with Gasteiger partial charge in [-0.25, -0.2) is 0 Å². The maximum absolute atomic E-state index is 12.0. The predicted octanol–water partition coefficient (Wildman–Crippen LogP) is 1.36. The van der Waals surface area contributed by atoms with Gasteiger partial charge in [-0.2, -0.15) is 0 Å². The Morgan fingerprint density at radius 2 is 2.30 bits per heavy atom. The van der Waals surface area contributed by atoms with E-state index in [0.29, 0.717) is 11.7 Å². The number of hydrogen-bond acceptors (Lipinski definition) is 4. The van der Waals surface area contributed by atoms with Gasteiger partial charge in [-0.15, -0.1) is 0 Å². The van der Waals surface area contributed by atoms with Crippen LogP contribution in [0.3, 0.4) is 0 Å². The Hall–Kier alpha value is -1.62. The Bertz CT molecular complexity index is 459. The van der Waals surface area contributed by atoms with Crippen molar-refractivity contribution in [2.75, 3.05) is 39.1 Å². The van der Waals surface area contributed by atoms with E-state index in [4.69, 9.17) is 0 Å². The van der Waals surface area contributed by atoms with Crippen LogP contribution < -0.4 is 10.2 Å². The molecule has 0 aromatic carbocycles. The van der Waals surface area contributed by atoms with Crippen LogP contribution in [0.5, 0.6) is 0 Å². The Morgan fingerprint density at radius 1 is 1.50 bits per heavy atom. The zero-order valence-electron chi connectivity index (χ0n) is 12.6. The summed E-state index contributed by atoms with van der Waals surface area (Å²) in [7, 11) is 5.49. The number of pyridine rings is 1. The molecule has 5 heteroatoms. The van der Waals surface area contributed by atoms with Crippen molar-refractivity contribution in [1.29, 1.82) is 0 Å². The molecule has 2 heterocycles. The average Bonchev–Trinajstić information content (AvgIpc) is 2.47. The summed E-state index contributed by atoms with van der Waals surface area (Å²) in [4.78, 5) is 20.2. The van der Waals surface area contributed by atoms with Crippen LogP contribution in [-0.4, -0.2) is 56.1 Å². The fraction of sp³-hybridized carbons (Fsp3) is 0.600. The molecule has 0 bridgehead atoms. The van der Waals surface area contributed by atoms with Gasteiger partial charge < -0.3 is 15.1 Å². The fourth-order valence-corrected chi connectivity index (χ4v) is 2.73. The predicted molar refractivity (Wildman–Crippen MR) is 81.2 cm³/mol. The van der Waals surface area contributed by atoms with Gasteiger partial charge in [-0.1, -0.05) is 0 Å². The molecule has 1 aliphatic rings. The van der Waals surface area contributed by atoms with Crippen molar-refractivity contribution in [3.8, 4) is 0 Å². The third-order valence-electron chi connectivity index (χ3n) is 3.77. The number of hydrogen-bond donors (Lipinski definition) is 1. The molecule has 5 nitrogen and oxygen atoms in total. The van der Waals surface area contributed by atoms with Crippen LogP contribution in [0.1, 0.15) is 29.8 Å². The molecular formula is C15H24N4O. The highest BCUT2D eigenvalue weighted by molar-refractivity contribution is 5.92. The zero-order chi connectivity index (χ0) is 14.5. The van der Waals surface area contributed by atoms with E-state index in [1.807, 2.05) is 19.2 Å². The molecule has 1 unspecified atom stereocenters. The van der Waals surface area contributed by atoms with Crippen molar-refractivity contribution in [2.24, 2.45) is 0 Å². The minimum Gasteiger partial charge on any atom is -0.367 e.